The number of piperidine rings is 1. The van der Waals surface area contributed by atoms with Crippen LogP contribution in [0.15, 0.2) is 30.3 Å². The van der Waals surface area contributed by atoms with Crippen molar-refractivity contribution in [2.75, 3.05) is 19.7 Å². The third kappa shape index (κ3) is 4.28. The normalized spacial score (nSPS) is 16.1. The maximum atomic E-state index is 11.5. The fourth-order valence-electron chi connectivity index (χ4n) is 2.90. The van der Waals surface area contributed by atoms with E-state index < -0.39 is 23.3 Å². The lowest BCUT2D eigenvalue weighted by Gasteiger charge is -2.36. The molecule has 1 saturated heterocycles. The number of hydrogen-bond donors (Lipinski definition) is 1. The molecule has 0 aliphatic carbocycles. The van der Waals surface area contributed by atoms with Gasteiger partial charge in [0.25, 0.3) is 5.78 Å². The molecule has 136 valence electrons. The van der Waals surface area contributed by atoms with Gasteiger partial charge in [0.1, 0.15) is 0 Å². The van der Waals surface area contributed by atoms with E-state index in [4.69, 9.17) is 5.11 Å². The number of benzene rings is 1. The Morgan fingerprint density at radius 2 is 1.88 bits per heavy atom. The Balaban J connectivity index is 2.09. The first-order chi connectivity index (χ1) is 12.4. The van der Waals surface area contributed by atoms with Crippen LogP contribution in [0.25, 0.3) is 6.08 Å². The van der Waals surface area contributed by atoms with Crippen LogP contribution in [0.5, 0.6) is 0 Å². The topological polar surface area (TPSA) is 108 Å². The second-order valence-electron chi connectivity index (χ2n) is 6.00. The fourth-order valence-corrected chi connectivity index (χ4v) is 2.90. The number of carbonyl (C=O) groups is 3. The molecule has 7 heteroatoms. The van der Waals surface area contributed by atoms with E-state index in [-0.39, 0.29) is 6.61 Å². The summed E-state index contributed by atoms with van der Waals surface area (Å²) in [6.07, 6.45) is 2.56. The smallest absolute Gasteiger partial charge is 0.407 e. The van der Waals surface area contributed by atoms with E-state index in [1.807, 2.05) is 0 Å². The standard InChI is InChI=1S/C19H20N2O5/c1-2-26-17(23)16(22)8-5-14-3-6-15(7-4-14)19(13-20)9-11-21(12-10-19)18(24)25/h3-8H,2,9-12H2,1H3,(H,24,25)/b8-5+. The Morgan fingerprint density at radius 1 is 1.27 bits per heavy atom. The SMILES string of the molecule is CCOC(=O)C(=O)/C=C/c1ccc(C2(C#N)CCN(C(=O)O)CC2)cc1. The van der Waals surface area contributed by atoms with Crippen LogP contribution in [0, 0.1) is 11.3 Å². The van der Waals surface area contributed by atoms with Gasteiger partial charge in [-0.1, -0.05) is 30.3 Å². The third-order valence-electron chi connectivity index (χ3n) is 4.47. The molecule has 0 spiro atoms. The van der Waals surface area contributed by atoms with Crippen LogP contribution in [0.4, 0.5) is 4.79 Å². The van der Waals surface area contributed by atoms with Crippen LogP contribution in [-0.4, -0.2) is 47.5 Å². The van der Waals surface area contributed by atoms with Gasteiger partial charge in [0, 0.05) is 13.1 Å². The van der Waals surface area contributed by atoms with Crippen LogP contribution < -0.4 is 0 Å². The Kier molecular flexibility index (Phi) is 6.12. The van der Waals surface area contributed by atoms with Gasteiger partial charge in [-0.05, 0) is 37.0 Å². The molecule has 2 rings (SSSR count). The minimum Gasteiger partial charge on any atom is -0.465 e. The lowest BCUT2D eigenvalue weighted by Crippen LogP contribution is -2.44. The molecule has 0 unspecified atom stereocenters. The Hall–Kier alpha value is -3.14. The number of hydrogen-bond acceptors (Lipinski definition) is 5. The first kappa shape index (κ1) is 19.2. The summed E-state index contributed by atoms with van der Waals surface area (Å²) in [6, 6.07) is 9.45. The summed E-state index contributed by atoms with van der Waals surface area (Å²) >= 11 is 0. The highest BCUT2D eigenvalue weighted by atomic mass is 16.5. The van der Waals surface area contributed by atoms with Crippen molar-refractivity contribution >= 4 is 23.9 Å². The number of nitriles is 1. The van der Waals surface area contributed by atoms with Crippen molar-refractivity contribution in [2.45, 2.75) is 25.2 Å². The van der Waals surface area contributed by atoms with E-state index in [1.165, 1.54) is 11.0 Å². The molecule has 7 nitrogen and oxygen atoms in total. The Morgan fingerprint density at radius 3 is 2.38 bits per heavy atom. The van der Waals surface area contributed by atoms with Gasteiger partial charge in [-0.2, -0.15) is 5.26 Å². The van der Waals surface area contributed by atoms with E-state index in [0.717, 1.165) is 11.6 Å². The number of carbonyl (C=O) groups excluding carboxylic acids is 2. The maximum absolute atomic E-state index is 11.5. The molecule has 0 atom stereocenters. The number of ketones is 1. The van der Waals surface area contributed by atoms with Crippen LogP contribution in [0.1, 0.15) is 30.9 Å². The van der Waals surface area contributed by atoms with Crippen LogP contribution in [0.3, 0.4) is 0 Å². The molecule has 0 bridgehead atoms. The van der Waals surface area contributed by atoms with E-state index in [0.29, 0.717) is 31.5 Å². The lowest BCUT2D eigenvalue weighted by molar-refractivity contribution is -0.151. The number of nitrogens with zero attached hydrogens (tertiary/aromatic N) is 2. The molecule has 1 fully saturated rings. The maximum Gasteiger partial charge on any atom is 0.407 e. The molecule has 1 N–H and O–H groups in total. The van der Waals surface area contributed by atoms with E-state index in [1.54, 1.807) is 31.2 Å². The third-order valence-corrected chi connectivity index (χ3v) is 4.47. The first-order valence-corrected chi connectivity index (χ1v) is 8.30. The molecular formula is C19H20N2O5. The second kappa shape index (κ2) is 8.30. The Bertz CT molecular complexity index is 753. The number of esters is 1. The molecule has 0 saturated carbocycles. The average Bonchev–Trinajstić information content (AvgIpc) is 2.66. The summed E-state index contributed by atoms with van der Waals surface area (Å²) in [4.78, 5) is 35.2. The number of carboxylic acid groups (broad SMARTS) is 1. The summed E-state index contributed by atoms with van der Waals surface area (Å²) in [7, 11) is 0. The molecule has 26 heavy (non-hydrogen) atoms. The van der Waals surface area contributed by atoms with Crippen molar-refractivity contribution < 1.29 is 24.2 Å². The van der Waals surface area contributed by atoms with Crippen molar-refractivity contribution in [1.29, 1.82) is 5.26 Å². The van der Waals surface area contributed by atoms with Crippen molar-refractivity contribution in [1.82, 2.24) is 4.90 Å². The van der Waals surface area contributed by atoms with Gasteiger partial charge >= 0.3 is 12.1 Å². The lowest BCUT2D eigenvalue weighted by atomic mass is 9.74. The highest BCUT2D eigenvalue weighted by molar-refractivity contribution is 6.39. The van der Waals surface area contributed by atoms with E-state index >= 15 is 0 Å². The molecule has 0 radical (unpaired) electrons. The molecular weight excluding hydrogens is 336 g/mol. The number of likely N-dealkylation sites (tertiary alicyclic amines) is 1. The average molecular weight is 356 g/mol. The summed E-state index contributed by atoms with van der Waals surface area (Å²) in [5.74, 6) is -1.63. The zero-order valence-corrected chi connectivity index (χ0v) is 14.5. The van der Waals surface area contributed by atoms with Crippen molar-refractivity contribution in [2.24, 2.45) is 0 Å². The van der Waals surface area contributed by atoms with Gasteiger partial charge in [-0.15, -0.1) is 0 Å². The summed E-state index contributed by atoms with van der Waals surface area (Å²) in [6.45, 7) is 2.40. The van der Waals surface area contributed by atoms with Gasteiger partial charge in [0.2, 0.25) is 0 Å². The van der Waals surface area contributed by atoms with Crippen molar-refractivity contribution in [3.05, 3.63) is 41.5 Å². The van der Waals surface area contributed by atoms with Crippen LogP contribution in [-0.2, 0) is 19.7 Å². The van der Waals surface area contributed by atoms with Gasteiger partial charge < -0.3 is 14.7 Å². The monoisotopic (exact) mass is 356 g/mol. The molecule has 1 amide bonds. The number of rotatable bonds is 5. The number of amides is 1. The highest BCUT2D eigenvalue weighted by Crippen LogP contribution is 2.35. The zero-order chi connectivity index (χ0) is 19.2. The summed E-state index contributed by atoms with van der Waals surface area (Å²) in [5, 5.41) is 18.7. The minimum absolute atomic E-state index is 0.142. The van der Waals surface area contributed by atoms with Gasteiger partial charge in [0.15, 0.2) is 0 Å². The summed E-state index contributed by atoms with van der Waals surface area (Å²) in [5.41, 5.74) is 0.816. The number of ether oxygens (including phenoxy) is 1. The molecule has 1 heterocycles. The van der Waals surface area contributed by atoms with Crippen molar-refractivity contribution in [3.8, 4) is 6.07 Å². The predicted molar refractivity (Wildman–Crippen MR) is 93.2 cm³/mol. The summed E-state index contributed by atoms with van der Waals surface area (Å²) < 4.78 is 4.62. The zero-order valence-electron chi connectivity index (χ0n) is 14.5. The fraction of sp³-hybridized carbons (Fsp3) is 0.368. The van der Waals surface area contributed by atoms with E-state index in [2.05, 4.69) is 10.8 Å². The van der Waals surface area contributed by atoms with Crippen molar-refractivity contribution in [3.63, 3.8) is 0 Å². The van der Waals surface area contributed by atoms with Gasteiger partial charge in [0.05, 0.1) is 18.1 Å². The van der Waals surface area contributed by atoms with Gasteiger partial charge in [-0.25, -0.2) is 9.59 Å². The second-order valence-corrected chi connectivity index (χ2v) is 6.00. The molecule has 1 aromatic carbocycles. The predicted octanol–water partition coefficient (Wildman–Crippen LogP) is 2.37. The minimum atomic E-state index is -0.969. The van der Waals surface area contributed by atoms with Crippen LogP contribution in [0.2, 0.25) is 0 Å². The largest absolute Gasteiger partial charge is 0.465 e. The quantitative estimate of drug-likeness (QED) is 0.493. The Labute approximate surface area is 151 Å². The molecule has 1 aliphatic heterocycles. The van der Waals surface area contributed by atoms with Crippen LogP contribution >= 0.6 is 0 Å². The first-order valence-electron chi connectivity index (χ1n) is 8.30. The molecule has 1 aliphatic rings. The molecule has 1 aromatic rings. The highest BCUT2D eigenvalue weighted by Gasteiger charge is 2.37. The van der Waals surface area contributed by atoms with E-state index in [9.17, 15) is 19.6 Å². The van der Waals surface area contributed by atoms with Gasteiger partial charge in [-0.3, -0.25) is 4.79 Å². The molecule has 0 aromatic heterocycles.